The Morgan fingerprint density at radius 2 is 2.29 bits per heavy atom. The molecular formula is C16H23N3O2. The van der Waals surface area contributed by atoms with Crippen LogP contribution in [-0.2, 0) is 17.8 Å². The summed E-state index contributed by atoms with van der Waals surface area (Å²) in [5.74, 6) is -0.366. The molecule has 0 unspecified atom stereocenters. The van der Waals surface area contributed by atoms with E-state index in [9.17, 15) is 4.79 Å². The largest absolute Gasteiger partial charge is 0.411 e. The normalized spacial score (nSPS) is 16.7. The molecular weight excluding hydrogens is 266 g/mol. The van der Waals surface area contributed by atoms with Gasteiger partial charge >= 0.3 is 0 Å². The van der Waals surface area contributed by atoms with Gasteiger partial charge in [0.05, 0.1) is 0 Å². The van der Waals surface area contributed by atoms with E-state index in [0.717, 1.165) is 32.3 Å². The molecule has 0 aliphatic carbocycles. The highest BCUT2D eigenvalue weighted by molar-refractivity contribution is 6.26. The van der Waals surface area contributed by atoms with Gasteiger partial charge in [0, 0.05) is 25.7 Å². The minimum Gasteiger partial charge on any atom is -0.411 e. The fourth-order valence-corrected chi connectivity index (χ4v) is 3.04. The minimum atomic E-state index is -0.366. The number of oxime groups is 1. The minimum absolute atomic E-state index is 0.0165. The monoisotopic (exact) mass is 289 g/mol. The summed E-state index contributed by atoms with van der Waals surface area (Å²) < 4.78 is 0. The van der Waals surface area contributed by atoms with Crippen molar-refractivity contribution in [1.82, 2.24) is 10.2 Å². The van der Waals surface area contributed by atoms with Crippen molar-refractivity contribution in [2.45, 2.75) is 39.8 Å². The molecule has 0 spiro atoms. The molecule has 21 heavy (non-hydrogen) atoms. The van der Waals surface area contributed by atoms with Crippen LogP contribution >= 0.6 is 0 Å². The summed E-state index contributed by atoms with van der Waals surface area (Å²) in [4.78, 5) is 13.7. The Labute approximate surface area is 125 Å². The van der Waals surface area contributed by atoms with Crippen LogP contribution in [0, 0.1) is 13.8 Å². The molecule has 114 valence electrons. The van der Waals surface area contributed by atoms with Crippen LogP contribution in [-0.4, -0.2) is 41.4 Å². The van der Waals surface area contributed by atoms with Crippen molar-refractivity contribution in [3.63, 3.8) is 0 Å². The first-order valence-electron chi connectivity index (χ1n) is 7.29. The number of rotatable bonds is 4. The van der Waals surface area contributed by atoms with Crippen LogP contribution in [0.15, 0.2) is 17.3 Å². The van der Waals surface area contributed by atoms with Gasteiger partial charge in [-0.05, 0) is 43.9 Å². The highest BCUT2D eigenvalue weighted by Gasteiger charge is 2.20. The first-order chi connectivity index (χ1) is 9.99. The second-order valence-corrected chi connectivity index (χ2v) is 5.86. The molecule has 1 amide bonds. The van der Waals surface area contributed by atoms with Crippen LogP contribution in [0.3, 0.4) is 0 Å². The molecule has 0 saturated heterocycles. The van der Waals surface area contributed by atoms with Crippen LogP contribution in [0.2, 0.25) is 0 Å². The Hall–Kier alpha value is -1.88. The van der Waals surface area contributed by atoms with Crippen molar-refractivity contribution in [3.05, 3.63) is 34.4 Å². The number of hydrogen-bond donors (Lipinski definition) is 2. The number of carbonyl (C=O) groups is 1. The SMILES string of the molecule is Cc1cc(C)c2c(c1)CCN(C[C@H](C)NC(=O)/C=N\O)C2. The van der Waals surface area contributed by atoms with Gasteiger partial charge in [-0.2, -0.15) is 0 Å². The molecule has 0 bridgehead atoms. The Bertz CT molecular complexity index is 555. The predicted octanol–water partition coefficient (Wildman–Crippen LogP) is 1.63. The number of nitrogens with one attached hydrogen (secondary N) is 1. The predicted molar refractivity (Wildman–Crippen MR) is 82.8 cm³/mol. The van der Waals surface area contributed by atoms with E-state index in [2.05, 4.69) is 41.4 Å². The number of benzene rings is 1. The molecule has 0 radical (unpaired) electrons. The molecule has 5 heteroatoms. The van der Waals surface area contributed by atoms with Gasteiger partial charge in [-0.3, -0.25) is 9.69 Å². The molecule has 5 nitrogen and oxygen atoms in total. The van der Waals surface area contributed by atoms with Crippen molar-refractivity contribution in [2.75, 3.05) is 13.1 Å². The molecule has 2 N–H and O–H groups in total. The highest BCUT2D eigenvalue weighted by atomic mass is 16.4. The fourth-order valence-electron chi connectivity index (χ4n) is 3.04. The highest BCUT2D eigenvalue weighted by Crippen LogP contribution is 2.23. The summed E-state index contributed by atoms with van der Waals surface area (Å²) in [7, 11) is 0. The van der Waals surface area contributed by atoms with Crippen LogP contribution in [0.5, 0.6) is 0 Å². The third kappa shape index (κ3) is 4.04. The molecule has 1 atom stereocenters. The average molecular weight is 289 g/mol. The Morgan fingerprint density at radius 3 is 3.00 bits per heavy atom. The van der Waals surface area contributed by atoms with E-state index in [-0.39, 0.29) is 11.9 Å². The Morgan fingerprint density at radius 1 is 1.52 bits per heavy atom. The summed E-state index contributed by atoms with van der Waals surface area (Å²) in [6.07, 6.45) is 1.94. The van der Waals surface area contributed by atoms with Crippen LogP contribution < -0.4 is 5.32 Å². The van der Waals surface area contributed by atoms with Crippen LogP contribution in [0.1, 0.15) is 29.2 Å². The van der Waals surface area contributed by atoms with Crippen molar-refractivity contribution in [1.29, 1.82) is 0 Å². The molecule has 1 aromatic rings. The Balaban J connectivity index is 1.97. The zero-order chi connectivity index (χ0) is 15.4. The van der Waals surface area contributed by atoms with Crippen molar-refractivity contribution in [2.24, 2.45) is 5.16 Å². The molecule has 1 heterocycles. The van der Waals surface area contributed by atoms with Gasteiger partial charge in [0.25, 0.3) is 5.91 Å². The molecule has 0 fully saturated rings. The van der Waals surface area contributed by atoms with Crippen LogP contribution in [0.25, 0.3) is 0 Å². The van der Waals surface area contributed by atoms with Gasteiger partial charge in [-0.1, -0.05) is 22.9 Å². The summed E-state index contributed by atoms with van der Waals surface area (Å²) in [6.45, 7) is 8.98. The van der Waals surface area contributed by atoms with E-state index in [1.165, 1.54) is 22.3 Å². The first-order valence-corrected chi connectivity index (χ1v) is 7.29. The average Bonchev–Trinajstić information content (AvgIpc) is 2.39. The lowest BCUT2D eigenvalue weighted by atomic mass is 9.93. The molecule has 0 aromatic heterocycles. The molecule has 2 rings (SSSR count). The lowest BCUT2D eigenvalue weighted by Gasteiger charge is -2.32. The number of carbonyl (C=O) groups excluding carboxylic acids is 1. The third-order valence-electron chi connectivity index (χ3n) is 3.88. The summed E-state index contributed by atoms with van der Waals surface area (Å²) in [5, 5.41) is 13.9. The summed E-state index contributed by atoms with van der Waals surface area (Å²) in [6, 6.07) is 4.52. The quantitative estimate of drug-likeness (QED) is 0.503. The summed E-state index contributed by atoms with van der Waals surface area (Å²) in [5.41, 5.74) is 5.54. The van der Waals surface area contributed by atoms with E-state index in [1.807, 2.05) is 6.92 Å². The van der Waals surface area contributed by atoms with Crippen LogP contribution in [0.4, 0.5) is 0 Å². The number of nitrogens with zero attached hydrogens (tertiary/aromatic N) is 2. The third-order valence-corrected chi connectivity index (χ3v) is 3.88. The topological polar surface area (TPSA) is 64.9 Å². The lowest BCUT2D eigenvalue weighted by molar-refractivity contribution is -0.115. The molecule has 1 aliphatic rings. The fraction of sp³-hybridized carbons (Fsp3) is 0.500. The van der Waals surface area contributed by atoms with Crippen molar-refractivity contribution < 1.29 is 10.0 Å². The van der Waals surface area contributed by atoms with E-state index in [0.29, 0.717) is 0 Å². The summed E-state index contributed by atoms with van der Waals surface area (Å²) >= 11 is 0. The maximum atomic E-state index is 11.3. The maximum absolute atomic E-state index is 11.3. The second-order valence-electron chi connectivity index (χ2n) is 5.86. The molecule has 1 aromatic carbocycles. The van der Waals surface area contributed by atoms with Crippen molar-refractivity contribution in [3.8, 4) is 0 Å². The van der Waals surface area contributed by atoms with E-state index in [4.69, 9.17) is 5.21 Å². The van der Waals surface area contributed by atoms with Gasteiger partial charge in [0.2, 0.25) is 0 Å². The second kappa shape index (κ2) is 6.72. The molecule has 0 saturated carbocycles. The number of hydrogen-bond acceptors (Lipinski definition) is 4. The van der Waals surface area contributed by atoms with Gasteiger partial charge < -0.3 is 10.5 Å². The van der Waals surface area contributed by atoms with Gasteiger partial charge in [0.15, 0.2) is 0 Å². The van der Waals surface area contributed by atoms with Crippen molar-refractivity contribution >= 4 is 12.1 Å². The smallest absolute Gasteiger partial charge is 0.266 e. The zero-order valence-corrected chi connectivity index (χ0v) is 12.9. The number of aryl methyl sites for hydroxylation is 2. The lowest BCUT2D eigenvalue weighted by Crippen LogP contribution is -2.44. The standard InChI is InChI=1S/C16H23N3O2/c1-11-6-12(2)15-10-19(5-4-14(15)7-11)9-13(3)18-16(20)8-17-21/h6-8,13,21H,4-5,9-10H2,1-3H3,(H,18,20)/b17-8-/t13-/m0/s1. The molecule has 1 aliphatic heterocycles. The van der Waals surface area contributed by atoms with Gasteiger partial charge in [0.1, 0.15) is 6.21 Å². The Kier molecular flexibility index (Phi) is 4.96. The van der Waals surface area contributed by atoms with E-state index < -0.39 is 0 Å². The van der Waals surface area contributed by atoms with Gasteiger partial charge in [-0.25, -0.2) is 0 Å². The van der Waals surface area contributed by atoms with E-state index >= 15 is 0 Å². The number of amides is 1. The zero-order valence-electron chi connectivity index (χ0n) is 12.9. The van der Waals surface area contributed by atoms with E-state index in [1.54, 1.807) is 0 Å². The maximum Gasteiger partial charge on any atom is 0.266 e. The first kappa shape index (κ1) is 15.5. The van der Waals surface area contributed by atoms with Gasteiger partial charge in [-0.15, -0.1) is 0 Å². The number of fused-ring (bicyclic) bond motifs is 1.